The SMILES string of the molecule is COc1cccc(C(=O)N2CCC3(CC2)C(=O)N(CC(=O)NCCc2ccc(C(F)(F)F)cc2)CN3c2ccccc2)c1. The summed E-state index contributed by atoms with van der Waals surface area (Å²) in [7, 11) is 1.55. The summed E-state index contributed by atoms with van der Waals surface area (Å²) in [6.45, 7) is 1.04. The standard InChI is InChI=1S/C32H33F3N4O4/c1-43-27-9-5-6-24(20-27)29(41)37-18-15-31(16-19-37)30(42)38(22-39(31)26-7-3-2-4-8-26)21-28(40)36-17-14-23-10-12-25(13-11-23)32(33,34)35/h2-13,20H,14-19,21-22H2,1H3,(H,36,40). The summed E-state index contributed by atoms with van der Waals surface area (Å²) in [5, 5.41) is 2.78. The van der Waals surface area contributed by atoms with Crippen molar-refractivity contribution in [2.75, 3.05) is 44.9 Å². The average Bonchev–Trinajstić information content (AvgIpc) is 3.27. The van der Waals surface area contributed by atoms with Gasteiger partial charge in [0.1, 0.15) is 17.8 Å². The number of nitrogens with zero attached hydrogens (tertiary/aromatic N) is 3. The van der Waals surface area contributed by atoms with Crippen LogP contribution in [0.25, 0.3) is 0 Å². The highest BCUT2D eigenvalue weighted by Crippen LogP contribution is 2.39. The molecule has 226 valence electrons. The van der Waals surface area contributed by atoms with E-state index in [0.29, 0.717) is 49.2 Å². The maximum atomic E-state index is 13.9. The van der Waals surface area contributed by atoms with Crippen molar-refractivity contribution in [1.29, 1.82) is 0 Å². The largest absolute Gasteiger partial charge is 0.497 e. The number of anilines is 1. The summed E-state index contributed by atoms with van der Waals surface area (Å²) < 4.78 is 43.7. The highest BCUT2D eigenvalue weighted by Gasteiger charge is 2.54. The molecule has 1 spiro atoms. The van der Waals surface area contributed by atoms with Gasteiger partial charge in [-0.05, 0) is 67.3 Å². The Kier molecular flexibility index (Phi) is 8.61. The summed E-state index contributed by atoms with van der Waals surface area (Å²) in [5.41, 5.74) is 0.416. The van der Waals surface area contributed by atoms with Crippen molar-refractivity contribution < 1.29 is 32.3 Å². The molecule has 0 aromatic heterocycles. The highest BCUT2D eigenvalue weighted by atomic mass is 19.4. The summed E-state index contributed by atoms with van der Waals surface area (Å²) in [6.07, 6.45) is -3.23. The second-order valence-corrected chi connectivity index (χ2v) is 10.8. The summed E-state index contributed by atoms with van der Waals surface area (Å²) in [5.74, 6) is -0.0535. The van der Waals surface area contributed by atoms with E-state index in [1.165, 1.54) is 17.0 Å². The number of halogens is 3. The lowest BCUT2D eigenvalue weighted by atomic mass is 9.85. The van der Waals surface area contributed by atoms with Crippen molar-refractivity contribution in [2.45, 2.75) is 31.0 Å². The first kappa shape index (κ1) is 29.9. The van der Waals surface area contributed by atoms with Crippen LogP contribution in [0, 0.1) is 0 Å². The zero-order chi connectivity index (χ0) is 30.6. The predicted octanol–water partition coefficient (Wildman–Crippen LogP) is 4.35. The number of hydrogen-bond donors (Lipinski definition) is 1. The van der Waals surface area contributed by atoms with E-state index in [0.717, 1.165) is 17.8 Å². The second-order valence-electron chi connectivity index (χ2n) is 10.8. The fourth-order valence-electron chi connectivity index (χ4n) is 5.78. The maximum absolute atomic E-state index is 13.9. The molecule has 2 heterocycles. The average molecular weight is 595 g/mol. The smallest absolute Gasteiger partial charge is 0.416 e. The van der Waals surface area contributed by atoms with Gasteiger partial charge in [-0.2, -0.15) is 13.2 Å². The van der Waals surface area contributed by atoms with Gasteiger partial charge >= 0.3 is 6.18 Å². The third-order valence-corrected chi connectivity index (χ3v) is 8.13. The molecule has 8 nitrogen and oxygen atoms in total. The Balaban J connectivity index is 1.23. The zero-order valence-corrected chi connectivity index (χ0v) is 23.8. The minimum absolute atomic E-state index is 0.130. The molecule has 2 aliphatic heterocycles. The first-order valence-electron chi connectivity index (χ1n) is 14.1. The van der Waals surface area contributed by atoms with Crippen molar-refractivity contribution in [2.24, 2.45) is 0 Å². The van der Waals surface area contributed by atoms with Gasteiger partial charge in [-0.25, -0.2) is 0 Å². The molecule has 2 aliphatic rings. The number of para-hydroxylation sites is 1. The van der Waals surface area contributed by atoms with Crippen molar-refractivity contribution >= 4 is 23.4 Å². The third-order valence-electron chi connectivity index (χ3n) is 8.13. The lowest BCUT2D eigenvalue weighted by Crippen LogP contribution is -2.57. The molecule has 0 bridgehead atoms. The lowest BCUT2D eigenvalue weighted by Gasteiger charge is -2.43. The normalized spacial score (nSPS) is 16.5. The topological polar surface area (TPSA) is 82.2 Å². The molecule has 2 saturated heterocycles. The molecule has 0 saturated carbocycles. The molecule has 0 unspecified atom stereocenters. The number of rotatable bonds is 8. The monoisotopic (exact) mass is 594 g/mol. The third kappa shape index (κ3) is 6.45. The van der Waals surface area contributed by atoms with Gasteiger partial charge in [-0.3, -0.25) is 14.4 Å². The van der Waals surface area contributed by atoms with Gasteiger partial charge < -0.3 is 24.8 Å². The van der Waals surface area contributed by atoms with Gasteiger partial charge in [-0.15, -0.1) is 0 Å². The van der Waals surface area contributed by atoms with Crippen LogP contribution in [0.3, 0.4) is 0 Å². The number of amides is 3. The number of hydrogen-bond acceptors (Lipinski definition) is 5. The fraction of sp³-hybridized carbons (Fsp3) is 0.344. The molecular weight excluding hydrogens is 561 g/mol. The van der Waals surface area contributed by atoms with Crippen LogP contribution in [0.5, 0.6) is 5.75 Å². The van der Waals surface area contributed by atoms with Gasteiger partial charge in [0.15, 0.2) is 0 Å². The number of methoxy groups -OCH3 is 1. The Morgan fingerprint density at radius 2 is 1.65 bits per heavy atom. The maximum Gasteiger partial charge on any atom is 0.416 e. The number of carbonyl (C=O) groups is 3. The molecule has 0 aliphatic carbocycles. The molecule has 3 aromatic carbocycles. The molecule has 5 rings (SSSR count). The van der Waals surface area contributed by atoms with Crippen LogP contribution in [0.15, 0.2) is 78.9 Å². The van der Waals surface area contributed by atoms with Crippen molar-refractivity contribution in [3.05, 3.63) is 95.6 Å². The van der Waals surface area contributed by atoms with Crippen molar-refractivity contribution in [1.82, 2.24) is 15.1 Å². The van der Waals surface area contributed by atoms with E-state index >= 15 is 0 Å². The van der Waals surface area contributed by atoms with Gasteiger partial charge in [0.2, 0.25) is 5.91 Å². The predicted molar refractivity (Wildman–Crippen MR) is 155 cm³/mol. The zero-order valence-electron chi connectivity index (χ0n) is 23.8. The van der Waals surface area contributed by atoms with Crippen LogP contribution in [0.4, 0.5) is 18.9 Å². The number of carbonyl (C=O) groups excluding carboxylic acids is 3. The van der Waals surface area contributed by atoms with Gasteiger partial charge in [0, 0.05) is 30.9 Å². The van der Waals surface area contributed by atoms with Crippen LogP contribution in [0.2, 0.25) is 0 Å². The lowest BCUT2D eigenvalue weighted by molar-refractivity contribution is -0.137. The van der Waals surface area contributed by atoms with E-state index in [4.69, 9.17) is 4.74 Å². The summed E-state index contributed by atoms with van der Waals surface area (Å²) in [4.78, 5) is 45.3. The number of piperidine rings is 1. The Morgan fingerprint density at radius 1 is 0.953 bits per heavy atom. The Bertz CT molecular complexity index is 1460. The van der Waals surface area contributed by atoms with E-state index in [9.17, 15) is 27.6 Å². The number of nitrogens with one attached hydrogen (secondary N) is 1. The molecule has 2 fully saturated rings. The minimum Gasteiger partial charge on any atom is -0.497 e. The number of ether oxygens (including phenoxy) is 1. The van der Waals surface area contributed by atoms with Crippen LogP contribution < -0.4 is 15.0 Å². The van der Waals surface area contributed by atoms with Crippen LogP contribution in [-0.4, -0.2) is 73.0 Å². The van der Waals surface area contributed by atoms with Crippen LogP contribution in [0.1, 0.15) is 34.3 Å². The second kappa shape index (κ2) is 12.4. The van der Waals surface area contributed by atoms with Crippen LogP contribution >= 0.6 is 0 Å². The summed E-state index contributed by atoms with van der Waals surface area (Å²) >= 11 is 0. The highest BCUT2D eigenvalue weighted by molar-refractivity contribution is 5.98. The first-order valence-corrected chi connectivity index (χ1v) is 14.1. The van der Waals surface area contributed by atoms with Gasteiger partial charge in [0.25, 0.3) is 11.8 Å². The van der Waals surface area contributed by atoms with Gasteiger partial charge in [0.05, 0.1) is 19.3 Å². The van der Waals surface area contributed by atoms with Gasteiger partial charge in [-0.1, -0.05) is 36.4 Å². The van der Waals surface area contributed by atoms with E-state index in [2.05, 4.69) is 5.32 Å². The molecule has 11 heteroatoms. The van der Waals surface area contributed by atoms with E-state index in [-0.39, 0.29) is 37.5 Å². The van der Waals surface area contributed by atoms with Crippen molar-refractivity contribution in [3.8, 4) is 5.75 Å². The molecule has 1 N–H and O–H groups in total. The van der Waals surface area contributed by atoms with E-state index in [1.807, 2.05) is 35.2 Å². The number of alkyl halides is 3. The molecule has 0 radical (unpaired) electrons. The minimum atomic E-state index is -4.40. The van der Waals surface area contributed by atoms with Crippen molar-refractivity contribution in [3.63, 3.8) is 0 Å². The molecule has 0 atom stereocenters. The number of likely N-dealkylation sites (tertiary alicyclic amines) is 1. The molecular formula is C32H33F3N4O4. The Hall–Kier alpha value is -4.54. The molecule has 3 aromatic rings. The first-order chi connectivity index (χ1) is 20.6. The van der Waals surface area contributed by atoms with Crippen LogP contribution in [-0.2, 0) is 22.2 Å². The fourth-order valence-corrected chi connectivity index (χ4v) is 5.78. The Labute approximate surface area is 248 Å². The molecule has 3 amide bonds. The quantitative estimate of drug-likeness (QED) is 0.420. The Morgan fingerprint density at radius 3 is 2.30 bits per heavy atom. The summed E-state index contributed by atoms with van der Waals surface area (Å²) in [6, 6.07) is 21.3. The van der Waals surface area contributed by atoms with E-state index < -0.39 is 17.3 Å². The number of benzene rings is 3. The molecule has 43 heavy (non-hydrogen) atoms. The van der Waals surface area contributed by atoms with E-state index in [1.54, 1.807) is 36.3 Å².